The summed E-state index contributed by atoms with van der Waals surface area (Å²) in [4.78, 5) is 11.1. The third-order valence-electron chi connectivity index (χ3n) is 4.00. The molecule has 5 atom stereocenters. The molecule has 4 heteroatoms. The van der Waals surface area contributed by atoms with Crippen molar-refractivity contribution < 1.29 is 19.0 Å². The number of ether oxygens (including phenoxy) is 3. The van der Waals surface area contributed by atoms with E-state index in [1.165, 1.54) is 0 Å². The van der Waals surface area contributed by atoms with E-state index in [9.17, 15) is 4.79 Å². The Balaban J connectivity index is 1.66. The lowest BCUT2D eigenvalue weighted by Crippen LogP contribution is -2.36. The maximum atomic E-state index is 11.1. The van der Waals surface area contributed by atoms with Gasteiger partial charge in [0.15, 0.2) is 0 Å². The average Bonchev–Trinajstić information content (AvgIpc) is 2.83. The molecule has 88 valence electrons. The SMILES string of the molecule is C=C(C)OCC1CC2CC1C1OC(=O)OC21. The van der Waals surface area contributed by atoms with E-state index >= 15 is 0 Å². The predicted octanol–water partition coefficient (Wildman–Crippen LogP) is 2.10. The van der Waals surface area contributed by atoms with E-state index in [4.69, 9.17) is 14.2 Å². The molecular formula is C12H16O4. The third-order valence-corrected chi connectivity index (χ3v) is 4.00. The molecule has 1 saturated heterocycles. The smallest absolute Gasteiger partial charge is 0.499 e. The standard InChI is InChI=1S/C12H16O4/c1-6(2)14-5-8-3-7-4-9(8)11-10(7)15-12(13)16-11/h7-11H,1,3-5H2,2H3. The normalized spacial score (nSPS) is 43.8. The van der Waals surface area contributed by atoms with Gasteiger partial charge >= 0.3 is 6.16 Å². The Morgan fingerprint density at radius 2 is 2.19 bits per heavy atom. The second-order valence-corrected chi connectivity index (χ2v) is 5.08. The number of carbonyl (C=O) groups excluding carboxylic acids is 1. The second-order valence-electron chi connectivity index (χ2n) is 5.08. The Kier molecular flexibility index (Phi) is 2.13. The number of hydrogen-bond donors (Lipinski definition) is 0. The fourth-order valence-corrected chi connectivity index (χ4v) is 3.39. The van der Waals surface area contributed by atoms with Gasteiger partial charge in [0.1, 0.15) is 12.2 Å². The maximum absolute atomic E-state index is 11.1. The zero-order valence-electron chi connectivity index (χ0n) is 9.35. The number of allylic oxidation sites excluding steroid dienone is 1. The van der Waals surface area contributed by atoms with Gasteiger partial charge in [0.2, 0.25) is 0 Å². The van der Waals surface area contributed by atoms with Crippen molar-refractivity contribution in [2.24, 2.45) is 17.8 Å². The van der Waals surface area contributed by atoms with Crippen molar-refractivity contribution in [3.8, 4) is 0 Å². The van der Waals surface area contributed by atoms with E-state index in [1.807, 2.05) is 6.92 Å². The number of hydrogen-bond acceptors (Lipinski definition) is 4. The molecule has 0 aromatic heterocycles. The van der Waals surface area contributed by atoms with Crippen LogP contribution in [0.3, 0.4) is 0 Å². The largest absolute Gasteiger partial charge is 0.509 e. The maximum Gasteiger partial charge on any atom is 0.509 e. The van der Waals surface area contributed by atoms with Crippen molar-refractivity contribution in [1.29, 1.82) is 0 Å². The van der Waals surface area contributed by atoms with E-state index < -0.39 is 6.16 Å². The van der Waals surface area contributed by atoms with Crippen molar-refractivity contribution >= 4 is 6.16 Å². The van der Waals surface area contributed by atoms with Gasteiger partial charge in [-0.3, -0.25) is 0 Å². The van der Waals surface area contributed by atoms with E-state index in [-0.39, 0.29) is 12.2 Å². The summed E-state index contributed by atoms with van der Waals surface area (Å²) in [7, 11) is 0. The fourth-order valence-electron chi connectivity index (χ4n) is 3.39. The van der Waals surface area contributed by atoms with Crippen LogP contribution in [0.15, 0.2) is 12.3 Å². The Morgan fingerprint density at radius 3 is 2.94 bits per heavy atom. The van der Waals surface area contributed by atoms with Crippen LogP contribution in [-0.4, -0.2) is 25.0 Å². The molecule has 16 heavy (non-hydrogen) atoms. The summed E-state index contributed by atoms with van der Waals surface area (Å²) in [5.74, 6) is 2.12. The van der Waals surface area contributed by atoms with Gasteiger partial charge < -0.3 is 14.2 Å². The van der Waals surface area contributed by atoms with Gasteiger partial charge in [0.25, 0.3) is 0 Å². The number of carbonyl (C=O) groups is 1. The van der Waals surface area contributed by atoms with Gasteiger partial charge in [0, 0.05) is 11.8 Å². The van der Waals surface area contributed by atoms with Crippen molar-refractivity contribution in [2.45, 2.75) is 32.0 Å². The Bertz CT molecular complexity index is 338. The number of fused-ring (bicyclic) bond motifs is 5. The van der Waals surface area contributed by atoms with Crippen LogP contribution in [-0.2, 0) is 14.2 Å². The lowest BCUT2D eigenvalue weighted by molar-refractivity contribution is 0.0382. The predicted molar refractivity (Wildman–Crippen MR) is 55.6 cm³/mol. The Labute approximate surface area is 94.5 Å². The van der Waals surface area contributed by atoms with Crippen molar-refractivity contribution in [2.75, 3.05) is 6.61 Å². The molecule has 0 aromatic rings. The van der Waals surface area contributed by atoms with Crippen LogP contribution >= 0.6 is 0 Å². The molecule has 0 aromatic carbocycles. The monoisotopic (exact) mass is 224 g/mol. The molecule has 5 unspecified atom stereocenters. The summed E-state index contributed by atoms with van der Waals surface area (Å²) in [6.07, 6.45) is 1.68. The van der Waals surface area contributed by atoms with Gasteiger partial charge in [0.05, 0.1) is 12.4 Å². The summed E-state index contributed by atoms with van der Waals surface area (Å²) in [6.45, 7) is 6.27. The highest BCUT2D eigenvalue weighted by Crippen LogP contribution is 2.53. The molecule has 0 radical (unpaired) electrons. The molecule has 1 heterocycles. The van der Waals surface area contributed by atoms with Gasteiger partial charge in [-0.15, -0.1) is 0 Å². The third kappa shape index (κ3) is 1.39. The molecular weight excluding hydrogens is 208 g/mol. The topological polar surface area (TPSA) is 44.8 Å². The van der Waals surface area contributed by atoms with E-state index in [1.54, 1.807) is 0 Å². The molecule has 4 nitrogen and oxygen atoms in total. The van der Waals surface area contributed by atoms with Crippen molar-refractivity contribution in [3.63, 3.8) is 0 Å². The molecule has 3 rings (SSSR count). The van der Waals surface area contributed by atoms with Crippen molar-refractivity contribution in [1.82, 2.24) is 0 Å². The lowest BCUT2D eigenvalue weighted by atomic mass is 9.85. The minimum Gasteiger partial charge on any atom is -0.499 e. The molecule has 2 aliphatic carbocycles. The van der Waals surface area contributed by atoms with Crippen LogP contribution < -0.4 is 0 Å². The lowest BCUT2D eigenvalue weighted by Gasteiger charge is -2.27. The first-order valence-corrected chi connectivity index (χ1v) is 5.80. The highest BCUT2D eigenvalue weighted by Gasteiger charge is 2.59. The van der Waals surface area contributed by atoms with Crippen LogP contribution in [0, 0.1) is 17.8 Å². The van der Waals surface area contributed by atoms with Gasteiger partial charge in [-0.05, 0) is 25.7 Å². The minimum absolute atomic E-state index is 0.0126. The molecule has 0 amide bonds. The Morgan fingerprint density at radius 1 is 1.44 bits per heavy atom. The molecule has 0 spiro atoms. The Hall–Kier alpha value is -1.19. The van der Waals surface area contributed by atoms with Crippen LogP contribution in [0.1, 0.15) is 19.8 Å². The summed E-state index contributed by atoms with van der Waals surface area (Å²) >= 11 is 0. The van der Waals surface area contributed by atoms with Crippen LogP contribution in [0.25, 0.3) is 0 Å². The molecule has 3 fully saturated rings. The summed E-state index contributed by atoms with van der Waals surface area (Å²) in [6, 6.07) is 0. The van der Waals surface area contributed by atoms with Crippen LogP contribution in [0.4, 0.5) is 4.79 Å². The van der Waals surface area contributed by atoms with Crippen LogP contribution in [0.5, 0.6) is 0 Å². The minimum atomic E-state index is -0.494. The molecule has 3 aliphatic rings. The highest BCUT2D eigenvalue weighted by molar-refractivity contribution is 5.63. The molecule has 1 aliphatic heterocycles. The number of rotatable bonds is 3. The first-order chi connectivity index (χ1) is 7.65. The highest BCUT2D eigenvalue weighted by atomic mass is 16.8. The van der Waals surface area contributed by atoms with E-state index in [2.05, 4.69) is 6.58 Å². The quantitative estimate of drug-likeness (QED) is 0.544. The van der Waals surface area contributed by atoms with Crippen molar-refractivity contribution in [3.05, 3.63) is 12.3 Å². The fraction of sp³-hybridized carbons (Fsp3) is 0.750. The van der Waals surface area contributed by atoms with Gasteiger partial charge in [-0.1, -0.05) is 6.58 Å². The van der Waals surface area contributed by atoms with E-state index in [0.717, 1.165) is 18.6 Å². The molecule has 2 bridgehead atoms. The van der Waals surface area contributed by atoms with Gasteiger partial charge in [-0.25, -0.2) is 4.79 Å². The van der Waals surface area contributed by atoms with Crippen LogP contribution in [0.2, 0.25) is 0 Å². The zero-order valence-corrected chi connectivity index (χ0v) is 9.35. The first kappa shape index (κ1) is 10.00. The summed E-state index contributed by atoms with van der Waals surface area (Å²) < 4.78 is 15.9. The first-order valence-electron chi connectivity index (χ1n) is 5.80. The summed E-state index contributed by atoms with van der Waals surface area (Å²) in [5.41, 5.74) is 0. The van der Waals surface area contributed by atoms with E-state index in [0.29, 0.717) is 24.4 Å². The average molecular weight is 224 g/mol. The van der Waals surface area contributed by atoms with Gasteiger partial charge in [-0.2, -0.15) is 0 Å². The summed E-state index contributed by atoms with van der Waals surface area (Å²) in [5, 5.41) is 0. The zero-order chi connectivity index (χ0) is 11.3. The molecule has 0 N–H and O–H groups in total. The second kappa shape index (κ2) is 3.40. The molecule has 2 saturated carbocycles.